The average Bonchev–Trinajstić information content (AvgIpc) is 2.56. The molecule has 128 valence electrons. The van der Waals surface area contributed by atoms with Crippen LogP contribution >= 0.6 is 11.6 Å². The molecule has 0 N–H and O–H groups in total. The smallest absolute Gasteiger partial charge is 0.243 e. The molecule has 2 aromatic carbocycles. The Hall–Kier alpha value is -1.47. The highest BCUT2D eigenvalue weighted by Crippen LogP contribution is 2.28. The first-order chi connectivity index (χ1) is 11.4. The molecule has 2 aromatic rings. The van der Waals surface area contributed by atoms with Crippen molar-refractivity contribution in [3.63, 3.8) is 0 Å². The van der Waals surface area contributed by atoms with Gasteiger partial charge in [0, 0.05) is 30.7 Å². The van der Waals surface area contributed by atoms with Gasteiger partial charge in [-0.05, 0) is 42.9 Å². The van der Waals surface area contributed by atoms with E-state index in [1.807, 2.05) is 7.05 Å². The summed E-state index contributed by atoms with van der Waals surface area (Å²) in [6.45, 7) is 1.32. The Morgan fingerprint density at radius 1 is 1.12 bits per heavy atom. The highest BCUT2D eigenvalue weighted by molar-refractivity contribution is 7.89. The van der Waals surface area contributed by atoms with Gasteiger partial charge in [-0.15, -0.1) is 0 Å². The van der Waals surface area contributed by atoms with Gasteiger partial charge in [0.15, 0.2) is 0 Å². The first-order valence-corrected chi connectivity index (χ1v) is 9.41. The predicted octanol–water partition coefficient (Wildman–Crippen LogP) is 3.16. The molecule has 1 heterocycles. The van der Waals surface area contributed by atoms with Crippen LogP contribution in [0.25, 0.3) is 0 Å². The van der Waals surface area contributed by atoms with Crippen LogP contribution in [0.5, 0.6) is 0 Å². The van der Waals surface area contributed by atoms with Crippen molar-refractivity contribution in [3.05, 3.63) is 64.9 Å². The van der Waals surface area contributed by atoms with E-state index in [9.17, 15) is 12.8 Å². The van der Waals surface area contributed by atoms with Gasteiger partial charge in [-0.2, -0.15) is 4.31 Å². The van der Waals surface area contributed by atoms with Crippen molar-refractivity contribution in [2.75, 3.05) is 26.7 Å². The van der Waals surface area contributed by atoms with Crippen LogP contribution in [-0.4, -0.2) is 44.3 Å². The lowest BCUT2D eigenvalue weighted by molar-refractivity contribution is 0.148. The topological polar surface area (TPSA) is 40.6 Å². The van der Waals surface area contributed by atoms with Crippen LogP contribution in [0.2, 0.25) is 5.02 Å². The Morgan fingerprint density at radius 2 is 1.83 bits per heavy atom. The highest BCUT2D eigenvalue weighted by Gasteiger charge is 2.33. The zero-order chi connectivity index (χ0) is 17.3. The molecule has 4 nitrogen and oxygen atoms in total. The molecule has 24 heavy (non-hydrogen) atoms. The molecule has 1 fully saturated rings. The fourth-order valence-electron chi connectivity index (χ4n) is 2.89. The van der Waals surface area contributed by atoms with E-state index < -0.39 is 10.0 Å². The first kappa shape index (κ1) is 17.4. The Kier molecular flexibility index (Phi) is 4.92. The first-order valence-electron chi connectivity index (χ1n) is 7.59. The highest BCUT2D eigenvalue weighted by atomic mass is 35.5. The van der Waals surface area contributed by atoms with Crippen LogP contribution in [-0.2, 0) is 10.0 Å². The number of likely N-dealkylation sites (N-methyl/N-ethyl adjacent to an activating group) is 1. The summed E-state index contributed by atoms with van der Waals surface area (Å²) in [6.07, 6.45) is 0. The monoisotopic (exact) mass is 368 g/mol. The van der Waals surface area contributed by atoms with Gasteiger partial charge in [0.25, 0.3) is 0 Å². The van der Waals surface area contributed by atoms with Crippen LogP contribution in [0.4, 0.5) is 4.39 Å². The third kappa shape index (κ3) is 3.47. The van der Waals surface area contributed by atoms with Gasteiger partial charge in [0.2, 0.25) is 10.0 Å². The lowest BCUT2D eigenvalue weighted by Crippen LogP contribution is -2.48. The van der Waals surface area contributed by atoms with Crippen molar-refractivity contribution in [2.45, 2.75) is 10.9 Å². The lowest BCUT2D eigenvalue weighted by atomic mass is 10.0. The number of benzene rings is 2. The molecule has 0 saturated carbocycles. The fraction of sp³-hybridized carbons (Fsp3) is 0.294. The maximum atomic E-state index is 13.1. The molecular formula is C17H18ClFN2O2S. The summed E-state index contributed by atoms with van der Waals surface area (Å²) in [7, 11) is -1.67. The minimum atomic E-state index is -3.61. The van der Waals surface area contributed by atoms with Gasteiger partial charge >= 0.3 is 0 Å². The molecular weight excluding hydrogens is 351 g/mol. The van der Waals surface area contributed by atoms with Gasteiger partial charge in [-0.25, -0.2) is 12.8 Å². The van der Waals surface area contributed by atoms with E-state index >= 15 is 0 Å². The number of hydrogen-bond acceptors (Lipinski definition) is 3. The number of piperazine rings is 1. The van der Waals surface area contributed by atoms with Crippen molar-refractivity contribution in [1.82, 2.24) is 9.21 Å². The molecule has 1 saturated heterocycles. The van der Waals surface area contributed by atoms with E-state index in [4.69, 9.17) is 11.6 Å². The lowest BCUT2D eigenvalue weighted by Gasteiger charge is -2.39. The van der Waals surface area contributed by atoms with E-state index in [2.05, 4.69) is 4.90 Å². The van der Waals surface area contributed by atoms with E-state index in [1.54, 1.807) is 30.3 Å². The minimum Gasteiger partial charge on any atom is -0.297 e. The molecule has 7 heteroatoms. The Bertz CT molecular complexity index is 827. The number of sulfonamides is 1. The SMILES string of the molecule is CN1CCN(S(=O)(=O)c2cccc(Cl)c2)CC1c1ccc(F)cc1. The van der Waals surface area contributed by atoms with E-state index in [0.29, 0.717) is 24.7 Å². The van der Waals surface area contributed by atoms with Crippen LogP contribution in [0.15, 0.2) is 53.4 Å². The summed E-state index contributed by atoms with van der Waals surface area (Å²) < 4.78 is 40.3. The van der Waals surface area contributed by atoms with E-state index in [0.717, 1.165) is 5.56 Å². The molecule has 0 aliphatic carbocycles. The Balaban J connectivity index is 1.88. The van der Waals surface area contributed by atoms with E-state index in [-0.39, 0.29) is 16.8 Å². The summed E-state index contributed by atoms with van der Waals surface area (Å²) in [5.41, 5.74) is 0.893. The third-order valence-corrected chi connectivity index (χ3v) is 6.40. The second-order valence-electron chi connectivity index (χ2n) is 5.87. The molecule has 0 radical (unpaired) electrons. The van der Waals surface area contributed by atoms with Gasteiger partial charge in [0.1, 0.15) is 5.82 Å². The summed E-state index contributed by atoms with van der Waals surface area (Å²) in [4.78, 5) is 2.27. The zero-order valence-electron chi connectivity index (χ0n) is 13.2. The standard InChI is InChI=1S/C17H18ClFN2O2S/c1-20-9-10-21(12-17(20)13-5-7-15(19)8-6-13)24(22,23)16-4-2-3-14(18)11-16/h2-8,11,17H,9-10,12H2,1H3. The van der Waals surface area contributed by atoms with Crippen molar-refractivity contribution in [3.8, 4) is 0 Å². The quantitative estimate of drug-likeness (QED) is 0.835. The van der Waals surface area contributed by atoms with Crippen molar-refractivity contribution < 1.29 is 12.8 Å². The normalized spacial score (nSPS) is 20.2. The summed E-state index contributed by atoms with van der Waals surface area (Å²) >= 11 is 5.93. The molecule has 0 bridgehead atoms. The molecule has 1 atom stereocenters. The van der Waals surface area contributed by atoms with Crippen LogP contribution in [0.1, 0.15) is 11.6 Å². The second-order valence-corrected chi connectivity index (χ2v) is 8.24. The fourth-order valence-corrected chi connectivity index (χ4v) is 4.63. The second kappa shape index (κ2) is 6.80. The molecule has 0 amide bonds. The van der Waals surface area contributed by atoms with Crippen LogP contribution < -0.4 is 0 Å². The Labute approximate surface area is 146 Å². The van der Waals surface area contributed by atoms with Gasteiger partial charge in [0.05, 0.1) is 4.90 Å². The molecule has 1 aliphatic rings. The molecule has 1 unspecified atom stereocenters. The third-order valence-electron chi connectivity index (χ3n) is 4.30. The molecule has 0 spiro atoms. The molecule has 0 aromatic heterocycles. The summed E-state index contributed by atoms with van der Waals surface area (Å²) in [6, 6.07) is 12.4. The number of halogens is 2. The maximum absolute atomic E-state index is 13.1. The van der Waals surface area contributed by atoms with Gasteiger partial charge in [-0.1, -0.05) is 29.8 Å². The number of hydrogen-bond donors (Lipinski definition) is 0. The summed E-state index contributed by atoms with van der Waals surface area (Å²) in [5.74, 6) is -0.305. The largest absolute Gasteiger partial charge is 0.297 e. The van der Waals surface area contributed by atoms with E-state index in [1.165, 1.54) is 22.5 Å². The predicted molar refractivity (Wildman–Crippen MR) is 92.0 cm³/mol. The van der Waals surface area contributed by atoms with Crippen LogP contribution in [0, 0.1) is 5.82 Å². The number of rotatable bonds is 3. The van der Waals surface area contributed by atoms with Crippen LogP contribution in [0.3, 0.4) is 0 Å². The van der Waals surface area contributed by atoms with Crippen molar-refractivity contribution in [1.29, 1.82) is 0 Å². The van der Waals surface area contributed by atoms with Crippen molar-refractivity contribution in [2.24, 2.45) is 0 Å². The molecule has 3 rings (SSSR count). The average molecular weight is 369 g/mol. The van der Waals surface area contributed by atoms with Crippen molar-refractivity contribution >= 4 is 21.6 Å². The maximum Gasteiger partial charge on any atom is 0.243 e. The van der Waals surface area contributed by atoms with Gasteiger partial charge < -0.3 is 0 Å². The summed E-state index contributed by atoms with van der Waals surface area (Å²) in [5, 5.41) is 0.389. The molecule has 1 aliphatic heterocycles. The van der Waals surface area contributed by atoms with Gasteiger partial charge in [-0.3, -0.25) is 4.90 Å². The Morgan fingerprint density at radius 3 is 2.50 bits per heavy atom. The minimum absolute atomic E-state index is 0.117. The zero-order valence-corrected chi connectivity index (χ0v) is 14.8. The number of nitrogens with zero attached hydrogens (tertiary/aromatic N) is 2.